The molecule has 0 saturated carbocycles. The monoisotopic (exact) mass is 336 g/mol. The zero-order valence-electron chi connectivity index (χ0n) is 16.8. The maximum absolute atomic E-state index is 12.8. The molecule has 0 fully saturated rings. The molecule has 0 N–H and O–H groups in total. The van der Waals surface area contributed by atoms with Gasteiger partial charge in [-0.15, -0.1) is 0 Å². The predicted octanol–water partition coefficient (Wildman–Crippen LogP) is 1.97. The average Bonchev–Trinajstić information content (AvgIpc) is 2.40. The summed E-state index contributed by atoms with van der Waals surface area (Å²) in [6.45, 7) is 12.2. The number of carbonyl (C=O) groups is 1. The largest absolute Gasteiger partial charge is 1.00 e. The van der Waals surface area contributed by atoms with Crippen molar-refractivity contribution in [1.82, 2.24) is 0 Å². The van der Waals surface area contributed by atoms with Crippen LogP contribution in [0, 0.1) is 27.7 Å². The molecule has 1 atom stereocenters. The first-order chi connectivity index (χ1) is 10.8. The molecule has 0 aliphatic heterocycles. The fourth-order valence-corrected chi connectivity index (χ4v) is 4.04. The molecule has 124 valence electrons. The summed E-state index contributed by atoms with van der Waals surface area (Å²) in [5, 5.41) is 1.09. The summed E-state index contributed by atoms with van der Waals surface area (Å²) < 4.78 is 5.71. The first-order valence-electron chi connectivity index (χ1n) is 7.94. The molecule has 4 heteroatoms. The van der Waals surface area contributed by atoms with Gasteiger partial charge >= 0.3 is 18.9 Å². The molecule has 0 saturated heterocycles. The number of benzene rings is 2. The van der Waals surface area contributed by atoms with E-state index in [1.807, 2.05) is 52.8 Å². The Bertz CT molecular complexity index is 721. The van der Waals surface area contributed by atoms with Crippen LogP contribution >= 0.6 is 8.58 Å². The summed E-state index contributed by atoms with van der Waals surface area (Å²) in [6.07, 6.45) is 0.155. The molecule has 0 aliphatic carbocycles. The molecule has 0 radical (unpaired) electrons. The van der Waals surface area contributed by atoms with E-state index in [0.29, 0.717) is 0 Å². The van der Waals surface area contributed by atoms with Gasteiger partial charge in [0.2, 0.25) is 0 Å². The first kappa shape index (κ1) is 21.0. The van der Waals surface area contributed by atoms with Gasteiger partial charge in [0.1, 0.15) is 5.75 Å². The first-order valence-corrected chi connectivity index (χ1v) is 8.94. The molecule has 2 nitrogen and oxygen atoms in total. The zero-order chi connectivity index (χ0) is 17.1. The van der Waals surface area contributed by atoms with E-state index in [0.717, 1.165) is 33.3 Å². The van der Waals surface area contributed by atoms with Crippen LogP contribution in [0.1, 0.15) is 47.9 Å². The Kier molecular flexibility index (Phi) is 7.75. The molecule has 24 heavy (non-hydrogen) atoms. The molecule has 0 aromatic heterocycles. The Labute approximate surface area is 160 Å². The van der Waals surface area contributed by atoms with Crippen molar-refractivity contribution >= 4 is 19.4 Å². The molecule has 0 heterocycles. The summed E-state index contributed by atoms with van der Waals surface area (Å²) in [5.74, 6) is 0.862. The fourth-order valence-electron chi connectivity index (χ4n) is 2.84. The number of carbonyl (C=O) groups excluding carboxylic acids is 1. The number of rotatable bonds is 5. The average molecular weight is 336 g/mol. The van der Waals surface area contributed by atoms with Crippen molar-refractivity contribution in [3.05, 3.63) is 58.1 Å². The van der Waals surface area contributed by atoms with Crippen molar-refractivity contribution in [2.75, 3.05) is 0 Å². The Hall–Kier alpha value is -1.06. The molecule has 2 rings (SSSR count). The van der Waals surface area contributed by atoms with Crippen LogP contribution in [0.15, 0.2) is 30.3 Å². The number of aryl methyl sites for hydroxylation is 4. The van der Waals surface area contributed by atoms with Gasteiger partial charge in [-0.3, -0.25) is 4.79 Å². The Morgan fingerprint density at radius 2 is 1.58 bits per heavy atom. The van der Waals surface area contributed by atoms with E-state index >= 15 is 0 Å². The van der Waals surface area contributed by atoms with Crippen molar-refractivity contribution in [2.24, 2.45) is 0 Å². The van der Waals surface area contributed by atoms with Gasteiger partial charge in [0, 0.05) is 5.56 Å². The van der Waals surface area contributed by atoms with Crippen LogP contribution in [0.25, 0.3) is 0 Å². The molecule has 0 amide bonds. The molecule has 1 unspecified atom stereocenters. The topological polar surface area (TPSA) is 26.3 Å². The van der Waals surface area contributed by atoms with Gasteiger partial charge in [0.15, 0.2) is 5.52 Å². The smallest absolute Gasteiger partial charge is 1.00 e. The van der Waals surface area contributed by atoms with Gasteiger partial charge in [0.25, 0.3) is 0 Å². The second-order valence-electron chi connectivity index (χ2n) is 6.37. The van der Waals surface area contributed by atoms with E-state index in [2.05, 4.69) is 19.1 Å². The van der Waals surface area contributed by atoms with Crippen LogP contribution < -0.4 is 28.9 Å². The minimum atomic E-state index is 0. The predicted molar refractivity (Wildman–Crippen MR) is 101 cm³/mol. The molecule has 0 aliphatic rings. The minimum absolute atomic E-state index is 0. The Balaban J connectivity index is 0.00000288. The zero-order valence-corrected chi connectivity index (χ0v) is 16.8. The van der Waals surface area contributed by atoms with E-state index in [9.17, 15) is 4.79 Å². The van der Waals surface area contributed by atoms with Crippen molar-refractivity contribution in [3.63, 3.8) is 0 Å². The summed E-state index contributed by atoms with van der Waals surface area (Å²) in [7, 11) is 0.142. The van der Waals surface area contributed by atoms with Crippen molar-refractivity contribution in [3.8, 4) is 5.75 Å². The van der Waals surface area contributed by atoms with Crippen molar-refractivity contribution in [1.29, 1.82) is 0 Å². The standard InChI is InChI=1S/C20H25O2P.Li.H/c1-12(2)22-17-7-8-18(14(4)11-17)23-20(21)19-15(5)9-13(3)10-16(19)6;;/h7-12,23H,1-6H3;;/q;+1;-1. The van der Waals surface area contributed by atoms with E-state index < -0.39 is 0 Å². The molecular formula is C20H26LiO2P. The maximum atomic E-state index is 12.8. The Morgan fingerprint density at radius 1 is 1.00 bits per heavy atom. The van der Waals surface area contributed by atoms with E-state index in [1.54, 1.807) is 0 Å². The third-order valence-electron chi connectivity index (χ3n) is 3.72. The molecule has 2 aromatic rings. The Morgan fingerprint density at radius 3 is 2.08 bits per heavy atom. The minimum Gasteiger partial charge on any atom is -1.00 e. The fraction of sp³-hybridized carbons (Fsp3) is 0.350. The normalized spacial score (nSPS) is 11.0. The summed E-state index contributed by atoms with van der Waals surface area (Å²) in [5.41, 5.74) is 5.52. The molecule has 0 bridgehead atoms. The van der Waals surface area contributed by atoms with Crippen LogP contribution in [0.2, 0.25) is 0 Å². The van der Waals surface area contributed by atoms with E-state index in [-0.39, 0.29) is 40.5 Å². The van der Waals surface area contributed by atoms with Gasteiger partial charge in [-0.05, 0) is 84.3 Å². The van der Waals surface area contributed by atoms with Crippen molar-refractivity contribution in [2.45, 2.75) is 47.6 Å². The number of hydrogen-bond acceptors (Lipinski definition) is 2. The number of hydrogen-bond donors (Lipinski definition) is 0. The van der Waals surface area contributed by atoms with Crippen LogP contribution in [0.3, 0.4) is 0 Å². The summed E-state index contributed by atoms with van der Waals surface area (Å²) >= 11 is 0. The third kappa shape index (κ3) is 5.22. The van der Waals surface area contributed by atoms with Crippen LogP contribution in [-0.4, -0.2) is 11.6 Å². The SMILES string of the molecule is Cc1cc(C)c(C(=O)Pc2ccc(OC(C)C)cc2C)c(C)c1.[H-].[Li+]. The van der Waals surface area contributed by atoms with Crippen LogP contribution in [-0.2, 0) is 0 Å². The van der Waals surface area contributed by atoms with Crippen LogP contribution in [0.4, 0.5) is 0 Å². The van der Waals surface area contributed by atoms with E-state index in [4.69, 9.17) is 4.74 Å². The number of ether oxygens (including phenoxy) is 1. The molecule has 2 aromatic carbocycles. The van der Waals surface area contributed by atoms with Crippen LogP contribution in [0.5, 0.6) is 5.75 Å². The second kappa shape index (κ2) is 8.86. The summed E-state index contributed by atoms with van der Waals surface area (Å²) in [6, 6.07) is 10.2. The van der Waals surface area contributed by atoms with Crippen molar-refractivity contribution < 1.29 is 29.8 Å². The van der Waals surface area contributed by atoms with E-state index in [1.165, 1.54) is 5.56 Å². The van der Waals surface area contributed by atoms with Gasteiger partial charge < -0.3 is 6.16 Å². The quantitative estimate of drug-likeness (QED) is 0.616. The third-order valence-corrected chi connectivity index (χ3v) is 5.03. The molecule has 0 spiro atoms. The van der Waals surface area contributed by atoms with Gasteiger partial charge in [-0.25, -0.2) is 0 Å². The van der Waals surface area contributed by atoms with Gasteiger partial charge in [-0.1, -0.05) is 23.8 Å². The van der Waals surface area contributed by atoms with Gasteiger partial charge in [-0.2, -0.15) is 0 Å². The maximum Gasteiger partial charge on any atom is 1.00 e. The molecular weight excluding hydrogens is 310 g/mol. The second-order valence-corrected chi connectivity index (χ2v) is 7.61. The summed E-state index contributed by atoms with van der Waals surface area (Å²) in [4.78, 5) is 12.8. The van der Waals surface area contributed by atoms with Gasteiger partial charge in [0.05, 0.1) is 6.10 Å².